The van der Waals surface area contributed by atoms with E-state index >= 15 is 0 Å². The number of allylic oxidation sites excluding steroid dienone is 1. The number of carbonyl (C=O) groups is 1. The molecule has 1 heterocycles. The molecule has 182 valence electrons. The van der Waals surface area contributed by atoms with E-state index in [0.717, 1.165) is 35.6 Å². The van der Waals surface area contributed by atoms with Crippen molar-refractivity contribution in [1.82, 2.24) is 10.0 Å². The molecule has 0 aliphatic carbocycles. The van der Waals surface area contributed by atoms with Crippen LogP contribution in [-0.4, -0.2) is 29.5 Å². The van der Waals surface area contributed by atoms with Crippen LogP contribution in [0.3, 0.4) is 0 Å². The van der Waals surface area contributed by atoms with Crippen LogP contribution in [-0.2, 0) is 4.79 Å². The third kappa shape index (κ3) is 6.23. The molecule has 3 aromatic carbocycles. The van der Waals surface area contributed by atoms with Crippen LogP contribution < -0.4 is 9.46 Å². The van der Waals surface area contributed by atoms with Crippen LogP contribution in [0.2, 0.25) is 5.02 Å². The van der Waals surface area contributed by atoms with Gasteiger partial charge in [-0.1, -0.05) is 41.4 Å². The Morgan fingerprint density at radius 1 is 1.06 bits per heavy atom. The number of hydrogen-bond acceptors (Lipinski definition) is 5. The van der Waals surface area contributed by atoms with Crippen LogP contribution in [0.15, 0.2) is 76.8 Å². The quantitative estimate of drug-likeness (QED) is 0.182. The largest absolute Gasteiger partial charge is 0.457 e. The fourth-order valence-corrected chi connectivity index (χ4v) is 4.84. The van der Waals surface area contributed by atoms with E-state index in [1.165, 1.54) is 23.0 Å². The summed E-state index contributed by atoms with van der Waals surface area (Å²) in [6.45, 7) is 2.90. The number of hydrogen-bond donors (Lipinski definition) is 1. The summed E-state index contributed by atoms with van der Waals surface area (Å²) in [5.74, 6) is 0.998. The van der Waals surface area contributed by atoms with Gasteiger partial charge < -0.3 is 9.46 Å². The third-order valence-corrected chi connectivity index (χ3v) is 7.14. The maximum atomic E-state index is 14.8. The Labute approximate surface area is 218 Å². The van der Waals surface area contributed by atoms with Crippen molar-refractivity contribution in [1.29, 1.82) is 0 Å². The maximum Gasteiger partial charge on any atom is 0.228 e. The average molecular weight is 532 g/mol. The van der Waals surface area contributed by atoms with Crippen molar-refractivity contribution in [2.24, 2.45) is 0 Å². The third-order valence-electron chi connectivity index (χ3n) is 5.52. The summed E-state index contributed by atoms with van der Waals surface area (Å²) in [6.07, 6.45) is 2.54. The molecular formula is C26H24Cl2FN3O2S. The molecule has 1 aliphatic rings. The Kier molecular flexibility index (Phi) is 8.44. The summed E-state index contributed by atoms with van der Waals surface area (Å²) in [5, 5.41) is 3.76. The first-order valence-corrected chi connectivity index (χ1v) is 12.6. The monoisotopic (exact) mass is 531 g/mol. The number of halogens is 3. The number of rotatable bonds is 8. The summed E-state index contributed by atoms with van der Waals surface area (Å²) in [5.41, 5.74) is 1.38. The molecular weight excluding hydrogens is 508 g/mol. The molecule has 9 heteroatoms. The highest BCUT2D eigenvalue weighted by Gasteiger charge is 2.23. The van der Waals surface area contributed by atoms with E-state index < -0.39 is 5.82 Å². The second-order valence-electron chi connectivity index (χ2n) is 7.92. The maximum absolute atomic E-state index is 14.8. The molecule has 3 aromatic rings. The molecule has 0 atom stereocenters. The van der Waals surface area contributed by atoms with Gasteiger partial charge in [0.2, 0.25) is 6.41 Å². The lowest BCUT2D eigenvalue weighted by molar-refractivity contribution is -0.133. The number of amides is 1. The van der Waals surface area contributed by atoms with E-state index in [9.17, 15) is 9.18 Å². The minimum absolute atomic E-state index is 0.249. The lowest BCUT2D eigenvalue weighted by Crippen LogP contribution is -2.44. The van der Waals surface area contributed by atoms with E-state index in [-0.39, 0.29) is 5.02 Å². The first kappa shape index (κ1) is 25.2. The molecule has 1 aliphatic heterocycles. The Balaban J connectivity index is 1.48. The normalized spacial score (nSPS) is 14.4. The average Bonchev–Trinajstić information content (AvgIpc) is 2.89. The van der Waals surface area contributed by atoms with Gasteiger partial charge in [-0.25, -0.2) is 4.39 Å². The minimum atomic E-state index is -0.488. The fraction of sp³-hybridized carbons (Fsp3) is 0.192. The molecule has 0 bridgehead atoms. The first-order valence-electron chi connectivity index (χ1n) is 11.1. The van der Waals surface area contributed by atoms with Crippen LogP contribution in [0, 0.1) is 5.82 Å². The number of hydrazine groups is 1. The molecule has 35 heavy (non-hydrogen) atoms. The predicted octanol–water partition coefficient (Wildman–Crippen LogP) is 7.79. The van der Waals surface area contributed by atoms with Crippen molar-refractivity contribution in [2.45, 2.75) is 24.7 Å². The molecule has 0 unspecified atom stereocenters. The molecule has 1 saturated heterocycles. The standard InChI is InChI=1S/C26H24Cl2FN3O2S/c1-18(26(28)32-14-6-5-13-31(32)17-33)22-15-25(23(27)16-24(22)29)30-35-21-11-9-20(10-12-21)34-19-7-3-2-4-8-19/h2-4,7-12,15-17,30H,5-6,13-14H2,1H3/b26-18+. The number of ether oxygens (including phenoxy) is 1. The van der Waals surface area contributed by atoms with Gasteiger partial charge in [-0.15, -0.1) is 0 Å². The van der Waals surface area contributed by atoms with Crippen molar-refractivity contribution in [3.05, 3.63) is 88.3 Å². The van der Waals surface area contributed by atoms with Gasteiger partial charge in [0.15, 0.2) is 0 Å². The Hall–Kier alpha value is -2.87. The number of nitrogens with zero attached hydrogens (tertiary/aromatic N) is 2. The summed E-state index contributed by atoms with van der Waals surface area (Å²) in [7, 11) is 0. The second-order valence-corrected chi connectivity index (χ2v) is 9.56. The topological polar surface area (TPSA) is 44.8 Å². The summed E-state index contributed by atoms with van der Waals surface area (Å²) >= 11 is 14.3. The molecule has 1 fully saturated rings. The van der Waals surface area contributed by atoms with Gasteiger partial charge in [0, 0.05) is 23.5 Å². The van der Waals surface area contributed by atoms with E-state index in [0.29, 0.717) is 35.1 Å². The summed E-state index contributed by atoms with van der Waals surface area (Å²) in [4.78, 5) is 12.3. The molecule has 0 saturated carbocycles. The van der Waals surface area contributed by atoms with Crippen LogP contribution in [0.4, 0.5) is 10.1 Å². The molecule has 0 spiro atoms. The summed E-state index contributed by atoms with van der Waals surface area (Å²) < 4.78 is 23.9. The van der Waals surface area contributed by atoms with Crippen LogP contribution in [0.5, 0.6) is 11.5 Å². The van der Waals surface area contributed by atoms with Crippen molar-refractivity contribution >= 4 is 52.8 Å². The van der Waals surface area contributed by atoms with Gasteiger partial charge in [0.1, 0.15) is 22.5 Å². The first-order chi connectivity index (χ1) is 17.0. The van der Waals surface area contributed by atoms with Crippen molar-refractivity contribution in [2.75, 3.05) is 17.8 Å². The zero-order valence-corrected chi connectivity index (χ0v) is 21.3. The molecule has 0 radical (unpaired) electrons. The smallest absolute Gasteiger partial charge is 0.228 e. The second kappa shape index (κ2) is 11.7. The number of para-hydroxylation sites is 1. The predicted molar refractivity (Wildman–Crippen MR) is 141 cm³/mol. The van der Waals surface area contributed by atoms with E-state index in [4.69, 9.17) is 27.9 Å². The molecule has 0 aromatic heterocycles. The lowest BCUT2D eigenvalue weighted by Gasteiger charge is -2.37. The van der Waals surface area contributed by atoms with Gasteiger partial charge in [0.05, 0.1) is 10.7 Å². The Morgan fingerprint density at radius 2 is 1.74 bits per heavy atom. The van der Waals surface area contributed by atoms with Gasteiger partial charge in [-0.3, -0.25) is 14.8 Å². The van der Waals surface area contributed by atoms with Gasteiger partial charge in [-0.05, 0) is 85.8 Å². The molecule has 1 N–H and O–H groups in total. The van der Waals surface area contributed by atoms with Crippen LogP contribution in [0.25, 0.3) is 5.57 Å². The number of nitrogens with one attached hydrogen (secondary N) is 1. The highest BCUT2D eigenvalue weighted by molar-refractivity contribution is 8.00. The van der Waals surface area contributed by atoms with Crippen molar-refractivity contribution in [3.63, 3.8) is 0 Å². The van der Waals surface area contributed by atoms with Gasteiger partial charge in [0.25, 0.3) is 0 Å². The molecule has 5 nitrogen and oxygen atoms in total. The Bertz CT molecular complexity index is 1210. The SMILES string of the molecule is C/C(=C(/Cl)N1CCCCN1C=O)c1cc(NSc2ccc(Oc3ccccc3)cc2)c(Cl)cc1F. The van der Waals surface area contributed by atoms with E-state index in [2.05, 4.69) is 4.72 Å². The highest BCUT2D eigenvalue weighted by Crippen LogP contribution is 2.35. The lowest BCUT2D eigenvalue weighted by atomic mass is 10.1. The van der Waals surface area contributed by atoms with Crippen molar-refractivity contribution in [3.8, 4) is 11.5 Å². The van der Waals surface area contributed by atoms with E-state index in [1.54, 1.807) is 18.0 Å². The number of carbonyl (C=O) groups excluding carboxylic acids is 1. The van der Waals surface area contributed by atoms with Crippen LogP contribution in [0.1, 0.15) is 25.3 Å². The fourth-order valence-electron chi connectivity index (χ4n) is 3.64. The summed E-state index contributed by atoms with van der Waals surface area (Å²) in [6, 6.07) is 20.0. The van der Waals surface area contributed by atoms with Crippen molar-refractivity contribution < 1.29 is 13.9 Å². The van der Waals surface area contributed by atoms with Gasteiger partial charge >= 0.3 is 0 Å². The van der Waals surface area contributed by atoms with Crippen LogP contribution >= 0.6 is 35.1 Å². The highest BCUT2D eigenvalue weighted by atomic mass is 35.5. The minimum Gasteiger partial charge on any atom is -0.457 e. The molecule has 1 amide bonds. The molecule has 4 rings (SSSR count). The number of benzene rings is 3. The Morgan fingerprint density at radius 3 is 2.46 bits per heavy atom. The zero-order valence-electron chi connectivity index (χ0n) is 19.0. The van der Waals surface area contributed by atoms with Gasteiger partial charge in [-0.2, -0.15) is 0 Å². The number of anilines is 1. The zero-order chi connectivity index (χ0) is 24.8. The van der Waals surface area contributed by atoms with E-state index in [1.807, 2.05) is 54.6 Å².